The van der Waals surface area contributed by atoms with Crippen LogP contribution >= 0.6 is 0 Å². The number of benzene rings is 1. The molecular formula is C38H49N11O7. The molecule has 0 spiro atoms. The third-order valence-corrected chi connectivity index (χ3v) is 10.2. The van der Waals surface area contributed by atoms with Gasteiger partial charge in [0.25, 0.3) is 0 Å². The van der Waals surface area contributed by atoms with Crippen molar-refractivity contribution >= 4 is 41.3 Å². The van der Waals surface area contributed by atoms with Crippen molar-refractivity contribution in [3.63, 3.8) is 0 Å². The van der Waals surface area contributed by atoms with Gasteiger partial charge in [0.05, 0.1) is 38.3 Å². The summed E-state index contributed by atoms with van der Waals surface area (Å²) in [7, 11) is 2.52. The van der Waals surface area contributed by atoms with Crippen LogP contribution in [-0.4, -0.2) is 109 Å². The van der Waals surface area contributed by atoms with Gasteiger partial charge in [-0.1, -0.05) is 39.8 Å². The zero-order valence-corrected chi connectivity index (χ0v) is 32.3. The molecule has 4 amide bonds. The summed E-state index contributed by atoms with van der Waals surface area (Å²) < 4.78 is 9.46. The standard InChI is InChI=1S/C38H49N11O7/c1-20(2)28(46-37(53)55-5)35(51)48-15-7-9-26(48)32-39-17-24(44-32)22-11-13-23(14-12-22)43-34-30(41-19-42-34)31(50)25-18-40-33(45-25)27-10-8-16-49(27)36(52)29(21(3)4)47-38(54)56-6/h11-14,17-21,26-29,43H,7-10,15-16H2,1-6H3,(H,39,44)(H,40,45)(H,41,42)(H,46,53)(H,47,54)/t26-,27-,28-,29-/m0/s1. The van der Waals surface area contributed by atoms with Gasteiger partial charge in [-0.2, -0.15) is 0 Å². The Balaban J connectivity index is 1.10. The van der Waals surface area contributed by atoms with Gasteiger partial charge in [-0.25, -0.2) is 24.5 Å². The summed E-state index contributed by atoms with van der Waals surface area (Å²) >= 11 is 0. The number of methoxy groups -OCH3 is 2. The lowest BCUT2D eigenvalue weighted by Gasteiger charge is -2.29. The maximum Gasteiger partial charge on any atom is 0.407 e. The molecular weight excluding hydrogens is 722 g/mol. The van der Waals surface area contributed by atoms with Gasteiger partial charge in [-0.05, 0) is 49.7 Å². The molecule has 4 aromatic rings. The topological polar surface area (TPSA) is 232 Å². The highest BCUT2D eigenvalue weighted by atomic mass is 16.5. The highest BCUT2D eigenvalue weighted by Gasteiger charge is 2.39. The number of likely N-dealkylation sites (tertiary alicyclic amines) is 2. The predicted molar refractivity (Wildman–Crippen MR) is 204 cm³/mol. The molecule has 3 aromatic heterocycles. The van der Waals surface area contributed by atoms with Crippen molar-refractivity contribution in [3.8, 4) is 11.3 Å². The molecule has 2 fully saturated rings. The molecule has 18 nitrogen and oxygen atoms in total. The molecule has 298 valence electrons. The molecule has 6 rings (SSSR count). The van der Waals surface area contributed by atoms with Crippen molar-refractivity contribution in [1.82, 2.24) is 50.3 Å². The number of aromatic amines is 3. The van der Waals surface area contributed by atoms with E-state index in [0.717, 1.165) is 24.8 Å². The Labute approximate surface area is 323 Å². The fourth-order valence-corrected chi connectivity index (χ4v) is 7.22. The van der Waals surface area contributed by atoms with Crippen LogP contribution in [0.1, 0.15) is 93.3 Å². The molecule has 0 unspecified atom stereocenters. The molecule has 0 bridgehead atoms. The molecule has 2 aliphatic rings. The Morgan fingerprint density at radius 3 is 1.82 bits per heavy atom. The minimum absolute atomic E-state index is 0.134. The molecule has 4 atom stereocenters. The average molecular weight is 772 g/mol. The highest BCUT2D eigenvalue weighted by Crippen LogP contribution is 2.34. The van der Waals surface area contributed by atoms with Crippen LogP contribution in [0.4, 0.5) is 21.1 Å². The first-order valence-electron chi connectivity index (χ1n) is 18.8. The number of anilines is 2. The number of hydrogen-bond acceptors (Lipinski definition) is 11. The van der Waals surface area contributed by atoms with E-state index < -0.39 is 36.1 Å². The van der Waals surface area contributed by atoms with Crippen LogP contribution in [0.2, 0.25) is 0 Å². The quantitative estimate of drug-likeness (QED) is 0.103. The van der Waals surface area contributed by atoms with Gasteiger partial charge in [0.1, 0.15) is 35.2 Å². The number of carbonyl (C=O) groups is 5. The normalized spacial score (nSPS) is 17.9. The van der Waals surface area contributed by atoms with Crippen molar-refractivity contribution in [2.45, 2.75) is 77.5 Å². The molecule has 2 aliphatic heterocycles. The zero-order valence-electron chi connectivity index (χ0n) is 32.3. The first kappa shape index (κ1) is 39.5. The molecule has 1 aromatic carbocycles. The Bertz CT molecular complexity index is 2040. The molecule has 2 saturated heterocycles. The fourth-order valence-electron chi connectivity index (χ4n) is 7.22. The molecule has 18 heteroatoms. The number of nitrogens with zero attached hydrogens (tertiary/aromatic N) is 5. The van der Waals surface area contributed by atoms with E-state index in [1.54, 1.807) is 16.0 Å². The van der Waals surface area contributed by atoms with E-state index in [-0.39, 0.29) is 41.1 Å². The lowest BCUT2D eigenvalue weighted by atomic mass is 10.0. The number of H-pyrrole nitrogens is 3. The Morgan fingerprint density at radius 2 is 1.29 bits per heavy atom. The first-order chi connectivity index (χ1) is 26.9. The van der Waals surface area contributed by atoms with E-state index in [2.05, 4.69) is 40.9 Å². The van der Waals surface area contributed by atoms with E-state index >= 15 is 0 Å². The minimum atomic E-state index is -0.773. The van der Waals surface area contributed by atoms with Crippen LogP contribution in [0.15, 0.2) is 43.0 Å². The number of rotatable bonds is 13. The number of ether oxygens (including phenoxy) is 2. The molecule has 6 N–H and O–H groups in total. The van der Waals surface area contributed by atoms with Crippen LogP contribution < -0.4 is 16.0 Å². The van der Waals surface area contributed by atoms with Crippen LogP contribution in [0.5, 0.6) is 0 Å². The van der Waals surface area contributed by atoms with Crippen molar-refractivity contribution in [2.24, 2.45) is 11.8 Å². The third kappa shape index (κ3) is 8.38. The fraction of sp³-hybridized carbons (Fsp3) is 0.474. The first-order valence-corrected chi connectivity index (χ1v) is 18.8. The van der Waals surface area contributed by atoms with Gasteiger partial charge >= 0.3 is 12.2 Å². The smallest absolute Gasteiger partial charge is 0.407 e. The Hall–Kier alpha value is -6.20. The monoisotopic (exact) mass is 771 g/mol. The average Bonchev–Trinajstić information content (AvgIpc) is 4.04. The lowest BCUT2D eigenvalue weighted by Crippen LogP contribution is -2.51. The summed E-state index contributed by atoms with van der Waals surface area (Å²) in [6.45, 7) is 8.50. The maximum absolute atomic E-state index is 13.7. The van der Waals surface area contributed by atoms with Gasteiger partial charge in [-0.15, -0.1) is 0 Å². The van der Waals surface area contributed by atoms with Crippen molar-refractivity contribution in [1.29, 1.82) is 0 Å². The molecule has 0 aliphatic carbocycles. The number of imidazole rings is 3. The number of alkyl carbamates (subject to hydrolysis) is 2. The number of nitrogens with one attached hydrogen (secondary N) is 6. The zero-order chi connectivity index (χ0) is 40.1. The van der Waals surface area contributed by atoms with Gasteiger partial charge in [0.2, 0.25) is 17.6 Å². The maximum atomic E-state index is 13.7. The molecule has 56 heavy (non-hydrogen) atoms. The van der Waals surface area contributed by atoms with Gasteiger partial charge in [0.15, 0.2) is 5.69 Å². The van der Waals surface area contributed by atoms with Crippen LogP contribution in [0, 0.1) is 11.8 Å². The van der Waals surface area contributed by atoms with Crippen LogP contribution in [-0.2, 0) is 19.1 Å². The van der Waals surface area contributed by atoms with E-state index in [4.69, 9.17) is 14.5 Å². The second kappa shape index (κ2) is 17.1. The number of amides is 4. The molecule has 5 heterocycles. The van der Waals surface area contributed by atoms with Gasteiger partial charge in [0, 0.05) is 36.7 Å². The van der Waals surface area contributed by atoms with Crippen LogP contribution in [0.3, 0.4) is 0 Å². The van der Waals surface area contributed by atoms with Gasteiger partial charge in [-0.3, -0.25) is 14.4 Å². The predicted octanol–water partition coefficient (Wildman–Crippen LogP) is 4.59. The number of carbonyl (C=O) groups excluding carboxylic acids is 5. The van der Waals surface area contributed by atoms with Crippen LogP contribution in [0.25, 0.3) is 11.3 Å². The Kier molecular flexibility index (Phi) is 12.0. The summed E-state index contributed by atoms with van der Waals surface area (Å²) in [5.74, 6) is 0.380. The van der Waals surface area contributed by atoms with Crippen molar-refractivity contribution in [3.05, 3.63) is 66.0 Å². The second-order valence-electron chi connectivity index (χ2n) is 14.6. The van der Waals surface area contributed by atoms with Gasteiger partial charge < -0.3 is 50.2 Å². The summed E-state index contributed by atoms with van der Waals surface area (Å²) in [5, 5.41) is 8.54. The van der Waals surface area contributed by atoms with Crippen molar-refractivity contribution < 1.29 is 33.4 Å². The third-order valence-electron chi connectivity index (χ3n) is 10.2. The second-order valence-corrected chi connectivity index (χ2v) is 14.6. The number of aromatic nitrogens is 6. The number of hydrogen-bond donors (Lipinski definition) is 6. The molecule has 0 saturated carbocycles. The summed E-state index contributed by atoms with van der Waals surface area (Å²) in [6, 6.07) is 5.36. The van der Waals surface area contributed by atoms with E-state index in [1.165, 1.54) is 26.7 Å². The summed E-state index contributed by atoms with van der Waals surface area (Å²) in [5.41, 5.74) is 2.52. The molecule has 0 radical (unpaired) electrons. The largest absolute Gasteiger partial charge is 0.453 e. The SMILES string of the molecule is COC(=O)N[C@H](C(=O)N1CCC[C@H]1c1nc(C(=O)c2nc[nH]c2Nc2ccc(-c3c[nH]c([C@@H]4CCCN4C(=O)[C@@H](NC(=O)OC)C(C)C)n3)cc2)c[nH]1)C(C)C. The van der Waals surface area contributed by atoms with Crippen molar-refractivity contribution in [2.75, 3.05) is 32.6 Å². The van der Waals surface area contributed by atoms with E-state index in [0.29, 0.717) is 48.4 Å². The Morgan fingerprint density at radius 1 is 0.750 bits per heavy atom. The summed E-state index contributed by atoms with van der Waals surface area (Å²) in [6.07, 6.45) is 6.35. The van der Waals surface area contributed by atoms with E-state index in [9.17, 15) is 24.0 Å². The minimum Gasteiger partial charge on any atom is -0.453 e. The summed E-state index contributed by atoms with van der Waals surface area (Å²) in [4.78, 5) is 91.0. The highest BCUT2D eigenvalue weighted by molar-refractivity contribution is 6.09. The van der Waals surface area contributed by atoms with E-state index in [1.807, 2.05) is 52.0 Å². The lowest BCUT2D eigenvalue weighted by molar-refractivity contribution is -0.136. The number of ketones is 1.